The number of rotatable bonds is 8. The van der Waals surface area contributed by atoms with E-state index in [4.69, 9.17) is 11.6 Å². The van der Waals surface area contributed by atoms with Crippen LogP contribution >= 0.6 is 11.6 Å². The van der Waals surface area contributed by atoms with Crippen LogP contribution in [0.1, 0.15) is 31.9 Å². The van der Waals surface area contributed by atoms with Crippen LogP contribution in [0, 0.1) is 11.7 Å². The lowest BCUT2D eigenvalue weighted by Crippen LogP contribution is -2.48. The fourth-order valence-corrected chi connectivity index (χ4v) is 3.00. The van der Waals surface area contributed by atoms with Gasteiger partial charge in [0.05, 0.1) is 6.42 Å². The average molecular weight is 405 g/mol. The van der Waals surface area contributed by atoms with Crippen molar-refractivity contribution in [3.05, 3.63) is 70.5 Å². The molecule has 28 heavy (non-hydrogen) atoms. The number of hydrogen-bond donors (Lipinski definition) is 1. The van der Waals surface area contributed by atoms with Gasteiger partial charge < -0.3 is 10.2 Å². The van der Waals surface area contributed by atoms with E-state index < -0.39 is 11.9 Å². The van der Waals surface area contributed by atoms with Crippen molar-refractivity contribution in [3.63, 3.8) is 0 Å². The van der Waals surface area contributed by atoms with Crippen LogP contribution in [0.2, 0.25) is 5.02 Å². The fourth-order valence-electron chi connectivity index (χ4n) is 2.77. The molecule has 0 unspecified atom stereocenters. The Morgan fingerprint density at radius 3 is 2.36 bits per heavy atom. The van der Waals surface area contributed by atoms with Gasteiger partial charge in [-0.25, -0.2) is 4.39 Å². The molecular formula is C22H26ClFN2O2. The molecule has 0 aliphatic carbocycles. The third-order valence-electron chi connectivity index (χ3n) is 4.44. The molecule has 0 aliphatic rings. The summed E-state index contributed by atoms with van der Waals surface area (Å²) in [5.41, 5.74) is 1.03. The Hall–Kier alpha value is -2.40. The first-order chi connectivity index (χ1) is 13.3. The SMILES string of the molecule is CC(C)CNC(=O)[C@@H](C)N(Cc1ccccc1)C(=O)Cc1c(F)cccc1Cl. The molecule has 2 rings (SSSR count). The van der Waals surface area contributed by atoms with Crippen LogP contribution in [0.15, 0.2) is 48.5 Å². The maximum atomic E-state index is 14.1. The van der Waals surface area contributed by atoms with Crippen molar-refractivity contribution in [2.24, 2.45) is 5.92 Å². The fraction of sp³-hybridized carbons (Fsp3) is 0.364. The third-order valence-corrected chi connectivity index (χ3v) is 4.79. The minimum Gasteiger partial charge on any atom is -0.354 e. The number of hydrogen-bond acceptors (Lipinski definition) is 2. The van der Waals surface area contributed by atoms with E-state index in [0.717, 1.165) is 5.56 Å². The van der Waals surface area contributed by atoms with Gasteiger partial charge in [-0.3, -0.25) is 9.59 Å². The molecule has 0 spiro atoms. The zero-order valence-corrected chi connectivity index (χ0v) is 17.2. The molecule has 0 fully saturated rings. The van der Waals surface area contributed by atoms with Gasteiger partial charge in [0.15, 0.2) is 0 Å². The Labute approximate surface area is 170 Å². The molecule has 0 aromatic heterocycles. The Balaban J connectivity index is 2.23. The summed E-state index contributed by atoms with van der Waals surface area (Å²) in [6, 6.07) is 13.0. The molecule has 150 valence electrons. The van der Waals surface area contributed by atoms with Gasteiger partial charge in [0.25, 0.3) is 0 Å². The highest BCUT2D eigenvalue weighted by Crippen LogP contribution is 2.21. The van der Waals surface area contributed by atoms with Crippen LogP contribution in [-0.2, 0) is 22.6 Å². The van der Waals surface area contributed by atoms with Crippen LogP contribution < -0.4 is 5.32 Å². The number of benzene rings is 2. The minimum atomic E-state index is -0.697. The average Bonchev–Trinajstić information content (AvgIpc) is 2.67. The summed E-state index contributed by atoms with van der Waals surface area (Å²) in [6.45, 7) is 6.45. The van der Waals surface area contributed by atoms with Gasteiger partial charge in [-0.1, -0.05) is 61.8 Å². The second kappa shape index (κ2) is 10.2. The van der Waals surface area contributed by atoms with E-state index in [1.807, 2.05) is 44.2 Å². The van der Waals surface area contributed by atoms with Gasteiger partial charge in [-0.05, 0) is 30.5 Å². The Morgan fingerprint density at radius 1 is 1.07 bits per heavy atom. The molecule has 0 saturated carbocycles. The Morgan fingerprint density at radius 2 is 1.75 bits per heavy atom. The highest BCUT2D eigenvalue weighted by molar-refractivity contribution is 6.31. The highest BCUT2D eigenvalue weighted by Gasteiger charge is 2.27. The number of nitrogens with one attached hydrogen (secondary N) is 1. The topological polar surface area (TPSA) is 49.4 Å². The predicted molar refractivity (Wildman–Crippen MR) is 109 cm³/mol. The Kier molecular flexibility index (Phi) is 8.00. The van der Waals surface area contributed by atoms with E-state index in [9.17, 15) is 14.0 Å². The smallest absolute Gasteiger partial charge is 0.242 e. The summed E-state index contributed by atoms with van der Waals surface area (Å²) in [7, 11) is 0. The van der Waals surface area contributed by atoms with Crippen molar-refractivity contribution >= 4 is 23.4 Å². The number of nitrogens with zero attached hydrogens (tertiary/aromatic N) is 1. The Bertz CT molecular complexity index is 791. The highest BCUT2D eigenvalue weighted by atomic mass is 35.5. The molecule has 2 amide bonds. The van der Waals surface area contributed by atoms with E-state index in [-0.39, 0.29) is 35.4 Å². The second-order valence-electron chi connectivity index (χ2n) is 7.20. The van der Waals surface area contributed by atoms with Crippen molar-refractivity contribution in [3.8, 4) is 0 Å². The largest absolute Gasteiger partial charge is 0.354 e. The molecule has 2 aromatic rings. The normalized spacial score (nSPS) is 11.9. The maximum absolute atomic E-state index is 14.1. The minimum absolute atomic E-state index is 0.141. The molecule has 4 nitrogen and oxygen atoms in total. The summed E-state index contributed by atoms with van der Waals surface area (Å²) in [4.78, 5) is 27.1. The summed E-state index contributed by atoms with van der Waals surface area (Å²) in [5, 5.41) is 3.06. The van der Waals surface area contributed by atoms with E-state index in [1.54, 1.807) is 13.0 Å². The standard InChI is InChI=1S/C22H26ClFN2O2/c1-15(2)13-25-22(28)16(3)26(14-17-8-5-4-6-9-17)21(27)12-18-19(23)10-7-11-20(18)24/h4-11,15-16H,12-14H2,1-3H3,(H,25,28)/t16-/m1/s1. The molecule has 0 radical (unpaired) electrons. The zero-order chi connectivity index (χ0) is 20.7. The van der Waals surface area contributed by atoms with E-state index in [1.165, 1.54) is 17.0 Å². The monoisotopic (exact) mass is 404 g/mol. The van der Waals surface area contributed by atoms with Crippen LogP contribution in [0.25, 0.3) is 0 Å². The van der Waals surface area contributed by atoms with Crippen molar-refractivity contribution < 1.29 is 14.0 Å². The van der Waals surface area contributed by atoms with E-state index in [2.05, 4.69) is 5.32 Å². The first-order valence-electron chi connectivity index (χ1n) is 9.33. The van der Waals surface area contributed by atoms with Gasteiger partial charge in [0.1, 0.15) is 11.9 Å². The summed E-state index contributed by atoms with van der Waals surface area (Å²) in [5.74, 6) is -0.829. The second-order valence-corrected chi connectivity index (χ2v) is 7.61. The molecule has 0 bridgehead atoms. The lowest BCUT2D eigenvalue weighted by atomic mass is 10.1. The van der Waals surface area contributed by atoms with Crippen molar-refractivity contribution in [2.45, 2.75) is 39.8 Å². The van der Waals surface area contributed by atoms with Gasteiger partial charge in [0, 0.05) is 23.7 Å². The van der Waals surface area contributed by atoms with Crippen molar-refractivity contribution in [1.29, 1.82) is 0 Å². The number of halogens is 2. The molecule has 2 aromatic carbocycles. The molecular weight excluding hydrogens is 379 g/mol. The lowest BCUT2D eigenvalue weighted by Gasteiger charge is -2.29. The maximum Gasteiger partial charge on any atom is 0.242 e. The lowest BCUT2D eigenvalue weighted by molar-refractivity contribution is -0.140. The van der Waals surface area contributed by atoms with Crippen LogP contribution in [0.5, 0.6) is 0 Å². The van der Waals surface area contributed by atoms with Gasteiger partial charge in [0.2, 0.25) is 11.8 Å². The molecule has 0 saturated heterocycles. The van der Waals surface area contributed by atoms with Gasteiger partial charge in [-0.2, -0.15) is 0 Å². The quantitative estimate of drug-likeness (QED) is 0.716. The third kappa shape index (κ3) is 6.06. The first-order valence-corrected chi connectivity index (χ1v) is 9.71. The first kappa shape index (κ1) is 21.9. The number of carbonyl (C=O) groups excluding carboxylic acids is 2. The van der Waals surface area contributed by atoms with Crippen LogP contribution in [0.4, 0.5) is 4.39 Å². The molecule has 0 heterocycles. The molecule has 0 aliphatic heterocycles. The zero-order valence-electron chi connectivity index (χ0n) is 16.4. The number of carbonyl (C=O) groups is 2. The predicted octanol–water partition coefficient (Wildman–Crippen LogP) is 4.21. The van der Waals surface area contributed by atoms with Crippen LogP contribution in [0.3, 0.4) is 0 Å². The van der Waals surface area contributed by atoms with E-state index >= 15 is 0 Å². The molecule has 1 N–H and O–H groups in total. The summed E-state index contributed by atoms with van der Waals surface area (Å²) in [6.07, 6.45) is -0.208. The molecule has 6 heteroatoms. The van der Waals surface area contributed by atoms with Gasteiger partial charge in [-0.15, -0.1) is 0 Å². The number of amides is 2. The summed E-state index contributed by atoms with van der Waals surface area (Å²) < 4.78 is 14.1. The van der Waals surface area contributed by atoms with Crippen molar-refractivity contribution in [1.82, 2.24) is 10.2 Å². The van der Waals surface area contributed by atoms with Gasteiger partial charge >= 0.3 is 0 Å². The van der Waals surface area contributed by atoms with E-state index in [0.29, 0.717) is 12.5 Å². The van der Waals surface area contributed by atoms with Crippen molar-refractivity contribution in [2.75, 3.05) is 6.54 Å². The van der Waals surface area contributed by atoms with Crippen LogP contribution in [-0.4, -0.2) is 29.3 Å². The summed E-state index contributed by atoms with van der Waals surface area (Å²) >= 11 is 6.08. The molecule has 1 atom stereocenters.